The summed E-state index contributed by atoms with van der Waals surface area (Å²) in [5.74, 6) is 3.45. The predicted molar refractivity (Wildman–Crippen MR) is 88.1 cm³/mol. The Hall–Kier alpha value is -0.710. The molecule has 1 spiro atoms. The summed E-state index contributed by atoms with van der Waals surface area (Å²) in [6.45, 7) is 1.49. The van der Waals surface area contributed by atoms with E-state index in [9.17, 15) is 0 Å². The van der Waals surface area contributed by atoms with Crippen molar-refractivity contribution >= 4 is 11.8 Å². The van der Waals surface area contributed by atoms with Crippen molar-refractivity contribution in [1.82, 2.24) is 0 Å². The monoisotopic (exact) mass is 307 g/mol. The van der Waals surface area contributed by atoms with Crippen molar-refractivity contribution in [2.45, 2.75) is 43.8 Å². The second-order valence-corrected chi connectivity index (χ2v) is 7.25. The van der Waals surface area contributed by atoms with Crippen molar-refractivity contribution in [2.75, 3.05) is 24.7 Å². The van der Waals surface area contributed by atoms with Crippen molar-refractivity contribution < 1.29 is 9.47 Å². The van der Waals surface area contributed by atoms with Crippen molar-refractivity contribution in [3.8, 4) is 5.75 Å². The molecule has 1 atom stereocenters. The molecule has 116 valence electrons. The largest absolute Gasteiger partial charge is 0.490 e. The normalized spacial score (nSPS) is 24.9. The highest BCUT2D eigenvalue weighted by Crippen LogP contribution is 2.38. The maximum atomic E-state index is 6.32. The maximum absolute atomic E-state index is 6.32. The Morgan fingerprint density at radius 1 is 1.29 bits per heavy atom. The van der Waals surface area contributed by atoms with E-state index >= 15 is 0 Å². The molecule has 2 aliphatic heterocycles. The zero-order valence-electron chi connectivity index (χ0n) is 12.6. The van der Waals surface area contributed by atoms with Crippen LogP contribution in [0.2, 0.25) is 0 Å². The smallest absolute Gasteiger partial charge is 0.122 e. The standard InChI is InChI=1S/C17H25NO2S/c18-9-5-14-3-1-2-4-16(14)20-15-6-10-19-17(13-15)7-11-21-12-8-17/h1-4,15H,5-13,18H2. The highest BCUT2D eigenvalue weighted by Gasteiger charge is 2.39. The number of para-hydroxylation sites is 1. The third kappa shape index (κ3) is 3.74. The Labute approximate surface area is 131 Å². The van der Waals surface area contributed by atoms with Crippen LogP contribution < -0.4 is 10.5 Å². The molecule has 2 saturated heterocycles. The molecular weight excluding hydrogens is 282 g/mol. The molecule has 0 radical (unpaired) electrons. The number of nitrogens with two attached hydrogens (primary N) is 1. The van der Waals surface area contributed by atoms with Crippen LogP contribution in [0.1, 0.15) is 31.2 Å². The van der Waals surface area contributed by atoms with Crippen LogP contribution in [0.5, 0.6) is 5.75 Å². The van der Waals surface area contributed by atoms with E-state index < -0.39 is 0 Å². The molecule has 2 heterocycles. The number of ether oxygens (including phenoxy) is 2. The first kappa shape index (κ1) is 15.2. The van der Waals surface area contributed by atoms with E-state index in [2.05, 4.69) is 18.2 Å². The van der Waals surface area contributed by atoms with E-state index in [1.165, 1.54) is 29.9 Å². The van der Waals surface area contributed by atoms with Crippen LogP contribution in [-0.2, 0) is 11.2 Å². The number of rotatable bonds is 4. The molecule has 3 rings (SSSR count). The van der Waals surface area contributed by atoms with Crippen LogP contribution >= 0.6 is 11.8 Å². The van der Waals surface area contributed by atoms with Crippen molar-refractivity contribution in [3.05, 3.63) is 29.8 Å². The van der Waals surface area contributed by atoms with Gasteiger partial charge in [-0.1, -0.05) is 18.2 Å². The van der Waals surface area contributed by atoms with Gasteiger partial charge in [0.25, 0.3) is 0 Å². The Balaban J connectivity index is 1.67. The molecular formula is C17H25NO2S. The molecule has 2 fully saturated rings. The number of thioether (sulfide) groups is 1. The SMILES string of the molecule is NCCc1ccccc1OC1CCOC2(CCSCC2)C1. The minimum atomic E-state index is 0.0803. The van der Waals surface area contributed by atoms with Crippen LogP contribution in [0.25, 0.3) is 0 Å². The van der Waals surface area contributed by atoms with Crippen LogP contribution in [0, 0.1) is 0 Å². The highest BCUT2D eigenvalue weighted by atomic mass is 32.2. The first-order valence-electron chi connectivity index (χ1n) is 7.98. The van der Waals surface area contributed by atoms with Crippen LogP contribution in [-0.4, -0.2) is 36.4 Å². The van der Waals surface area contributed by atoms with Gasteiger partial charge in [-0.15, -0.1) is 0 Å². The zero-order chi connectivity index (χ0) is 14.5. The lowest BCUT2D eigenvalue weighted by Crippen LogP contribution is -2.46. The first-order chi connectivity index (χ1) is 10.3. The third-order valence-corrected chi connectivity index (χ3v) is 5.52. The van der Waals surface area contributed by atoms with E-state index in [0.717, 1.165) is 31.6 Å². The zero-order valence-corrected chi connectivity index (χ0v) is 13.4. The summed E-state index contributed by atoms with van der Waals surface area (Å²) < 4.78 is 12.5. The molecule has 0 saturated carbocycles. The van der Waals surface area contributed by atoms with Gasteiger partial charge in [-0.3, -0.25) is 0 Å². The topological polar surface area (TPSA) is 44.5 Å². The Morgan fingerprint density at radius 3 is 2.90 bits per heavy atom. The van der Waals surface area contributed by atoms with E-state index in [-0.39, 0.29) is 11.7 Å². The lowest BCUT2D eigenvalue weighted by Gasteiger charge is -2.43. The Morgan fingerprint density at radius 2 is 2.10 bits per heavy atom. The lowest BCUT2D eigenvalue weighted by atomic mass is 9.86. The summed E-state index contributed by atoms with van der Waals surface area (Å²) >= 11 is 2.04. The summed E-state index contributed by atoms with van der Waals surface area (Å²) in [5.41, 5.74) is 7.00. The summed E-state index contributed by atoms with van der Waals surface area (Å²) in [5, 5.41) is 0. The second kappa shape index (κ2) is 7.03. The molecule has 0 aliphatic carbocycles. The molecule has 3 nitrogen and oxygen atoms in total. The van der Waals surface area contributed by atoms with Crippen molar-refractivity contribution in [3.63, 3.8) is 0 Å². The van der Waals surface area contributed by atoms with E-state index in [1.54, 1.807) is 0 Å². The van der Waals surface area contributed by atoms with Crippen molar-refractivity contribution in [1.29, 1.82) is 0 Å². The quantitative estimate of drug-likeness (QED) is 0.929. The van der Waals surface area contributed by atoms with Gasteiger partial charge >= 0.3 is 0 Å². The summed E-state index contributed by atoms with van der Waals surface area (Å²) in [7, 11) is 0. The number of benzene rings is 1. The average molecular weight is 307 g/mol. The van der Waals surface area contributed by atoms with Gasteiger partial charge in [-0.25, -0.2) is 0 Å². The van der Waals surface area contributed by atoms with Gasteiger partial charge in [0.05, 0.1) is 12.2 Å². The molecule has 1 aromatic carbocycles. The first-order valence-corrected chi connectivity index (χ1v) is 9.13. The minimum absolute atomic E-state index is 0.0803. The lowest BCUT2D eigenvalue weighted by molar-refractivity contribution is -0.116. The van der Waals surface area contributed by atoms with E-state index in [4.69, 9.17) is 15.2 Å². The molecule has 0 aromatic heterocycles. The summed E-state index contributed by atoms with van der Waals surface area (Å²) in [6.07, 6.45) is 5.52. The number of hydrogen-bond acceptors (Lipinski definition) is 4. The van der Waals surface area contributed by atoms with Crippen LogP contribution in [0.3, 0.4) is 0 Å². The second-order valence-electron chi connectivity index (χ2n) is 6.02. The maximum Gasteiger partial charge on any atom is 0.122 e. The van der Waals surface area contributed by atoms with Crippen LogP contribution in [0.15, 0.2) is 24.3 Å². The molecule has 0 bridgehead atoms. The average Bonchev–Trinajstić information content (AvgIpc) is 2.50. The number of hydrogen-bond donors (Lipinski definition) is 1. The van der Waals surface area contributed by atoms with Gasteiger partial charge in [-0.2, -0.15) is 11.8 Å². The van der Waals surface area contributed by atoms with Crippen LogP contribution in [0.4, 0.5) is 0 Å². The predicted octanol–water partition coefficient (Wildman–Crippen LogP) is 3.01. The fraction of sp³-hybridized carbons (Fsp3) is 0.647. The van der Waals surface area contributed by atoms with E-state index in [0.29, 0.717) is 6.54 Å². The molecule has 1 aromatic rings. The van der Waals surface area contributed by atoms with Gasteiger partial charge in [0.15, 0.2) is 0 Å². The Kier molecular flexibility index (Phi) is 5.09. The molecule has 2 aliphatic rings. The minimum Gasteiger partial charge on any atom is -0.490 e. The Bertz CT molecular complexity index is 454. The molecule has 2 N–H and O–H groups in total. The summed E-state index contributed by atoms with van der Waals surface area (Å²) in [4.78, 5) is 0. The summed E-state index contributed by atoms with van der Waals surface area (Å²) in [6, 6.07) is 8.29. The van der Waals surface area contributed by atoms with Gasteiger partial charge in [-0.05, 0) is 48.9 Å². The molecule has 0 amide bonds. The fourth-order valence-corrected chi connectivity index (χ4v) is 4.57. The fourth-order valence-electron chi connectivity index (χ4n) is 3.34. The van der Waals surface area contributed by atoms with Gasteiger partial charge < -0.3 is 15.2 Å². The van der Waals surface area contributed by atoms with Gasteiger partial charge in [0, 0.05) is 12.8 Å². The van der Waals surface area contributed by atoms with Crippen molar-refractivity contribution in [2.24, 2.45) is 5.73 Å². The molecule has 21 heavy (non-hydrogen) atoms. The molecule has 1 unspecified atom stereocenters. The molecule has 4 heteroatoms. The van der Waals surface area contributed by atoms with Gasteiger partial charge in [0.2, 0.25) is 0 Å². The van der Waals surface area contributed by atoms with Gasteiger partial charge in [0.1, 0.15) is 11.9 Å². The third-order valence-electron chi connectivity index (χ3n) is 4.53. The van der Waals surface area contributed by atoms with E-state index in [1.807, 2.05) is 17.8 Å². The highest BCUT2D eigenvalue weighted by molar-refractivity contribution is 7.99.